The van der Waals surface area contributed by atoms with Gasteiger partial charge in [0.05, 0.1) is 6.61 Å². The molecule has 0 aromatic carbocycles. The van der Waals surface area contributed by atoms with Gasteiger partial charge in [0.25, 0.3) is 0 Å². The van der Waals surface area contributed by atoms with Gasteiger partial charge in [0.1, 0.15) is 0 Å². The molecular formula is C6H11NO. The van der Waals surface area contributed by atoms with Gasteiger partial charge in [-0.15, -0.1) is 0 Å². The highest BCUT2D eigenvalue weighted by Gasteiger charge is 1.98. The van der Waals surface area contributed by atoms with Crippen LogP contribution in [0.2, 0.25) is 0 Å². The van der Waals surface area contributed by atoms with Crippen LogP contribution in [-0.4, -0.2) is 13.2 Å². The van der Waals surface area contributed by atoms with Crippen LogP contribution in [0.5, 0.6) is 0 Å². The minimum absolute atomic E-state index is 0.725. The number of ether oxygens (including phenoxy) is 1. The Morgan fingerprint density at radius 3 is 3.25 bits per heavy atom. The van der Waals surface area contributed by atoms with Gasteiger partial charge in [-0.05, 0) is 19.4 Å². The molecule has 1 aliphatic rings. The van der Waals surface area contributed by atoms with E-state index in [1.165, 1.54) is 6.42 Å². The van der Waals surface area contributed by atoms with Crippen molar-refractivity contribution in [1.29, 1.82) is 0 Å². The summed E-state index contributed by atoms with van der Waals surface area (Å²) in [5.74, 6) is 0.725. The first-order chi connectivity index (χ1) is 3.89. The van der Waals surface area contributed by atoms with E-state index >= 15 is 0 Å². The lowest BCUT2D eigenvalue weighted by molar-refractivity contribution is 0.206. The maximum Gasteiger partial charge on any atom is 0.179 e. The fourth-order valence-corrected chi connectivity index (χ4v) is 0.701. The lowest BCUT2D eigenvalue weighted by Crippen LogP contribution is -2.11. The first-order valence-corrected chi connectivity index (χ1v) is 2.95. The van der Waals surface area contributed by atoms with E-state index in [0.717, 1.165) is 25.5 Å². The van der Waals surface area contributed by atoms with Gasteiger partial charge >= 0.3 is 0 Å². The summed E-state index contributed by atoms with van der Waals surface area (Å²) in [6.07, 6.45) is 2.34. The molecule has 0 saturated carbocycles. The normalized spacial score (nSPS) is 20.8. The molecule has 0 bridgehead atoms. The molecule has 1 heterocycles. The maximum atomic E-state index is 5.10. The van der Waals surface area contributed by atoms with Gasteiger partial charge in [-0.2, -0.15) is 0 Å². The van der Waals surface area contributed by atoms with Crippen LogP contribution in [0.15, 0.2) is 12.5 Å². The van der Waals surface area contributed by atoms with Crippen LogP contribution in [0, 0.1) is 0 Å². The van der Waals surface area contributed by atoms with Gasteiger partial charge in [0.2, 0.25) is 0 Å². The molecule has 1 rings (SSSR count). The van der Waals surface area contributed by atoms with Crippen molar-refractivity contribution in [3.8, 4) is 0 Å². The van der Waals surface area contributed by atoms with Crippen molar-refractivity contribution in [1.82, 2.24) is 5.32 Å². The summed E-state index contributed by atoms with van der Waals surface area (Å²) < 4.78 is 5.10. The lowest BCUT2D eigenvalue weighted by atomic mass is 10.3. The Labute approximate surface area is 49.5 Å². The Balaban J connectivity index is 2.27. The molecule has 1 saturated heterocycles. The molecular weight excluding hydrogens is 102 g/mol. The van der Waals surface area contributed by atoms with Gasteiger partial charge in [-0.1, -0.05) is 0 Å². The Morgan fingerprint density at radius 2 is 2.38 bits per heavy atom. The smallest absolute Gasteiger partial charge is 0.179 e. The van der Waals surface area contributed by atoms with Crippen LogP contribution in [0.3, 0.4) is 0 Å². The maximum absolute atomic E-state index is 5.10. The Kier molecular flexibility index (Phi) is 1.78. The van der Waals surface area contributed by atoms with E-state index in [4.69, 9.17) is 4.74 Å². The second kappa shape index (κ2) is 2.60. The first-order valence-electron chi connectivity index (χ1n) is 2.95. The van der Waals surface area contributed by atoms with E-state index in [1.807, 2.05) is 0 Å². The monoisotopic (exact) mass is 113 g/mol. The second-order valence-electron chi connectivity index (χ2n) is 1.91. The molecule has 0 atom stereocenters. The summed E-state index contributed by atoms with van der Waals surface area (Å²) in [4.78, 5) is 0. The predicted octanol–water partition coefficient (Wildman–Crippen LogP) is 0.858. The molecule has 8 heavy (non-hydrogen) atoms. The Morgan fingerprint density at radius 1 is 1.50 bits per heavy atom. The van der Waals surface area contributed by atoms with Crippen LogP contribution in [0.25, 0.3) is 0 Å². The number of rotatable bonds is 0. The molecule has 0 unspecified atom stereocenters. The molecule has 1 N–H and O–H groups in total. The van der Waals surface area contributed by atoms with E-state index in [-0.39, 0.29) is 0 Å². The summed E-state index contributed by atoms with van der Waals surface area (Å²) >= 11 is 0. The van der Waals surface area contributed by atoms with E-state index in [1.54, 1.807) is 0 Å². The summed E-state index contributed by atoms with van der Waals surface area (Å²) in [5, 5.41) is 3.03. The fourth-order valence-electron chi connectivity index (χ4n) is 0.701. The van der Waals surface area contributed by atoms with Crippen molar-refractivity contribution in [2.24, 2.45) is 0 Å². The standard InChI is InChI=1S/C6H11NO/c1-6-7-4-2-3-5-8-6/h7H,1-5H2. The molecule has 0 amide bonds. The third kappa shape index (κ3) is 1.45. The SMILES string of the molecule is C=C1NCCCCO1. The molecule has 0 aliphatic carbocycles. The zero-order chi connectivity index (χ0) is 5.82. The molecule has 0 spiro atoms. The first kappa shape index (κ1) is 5.48. The summed E-state index contributed by atoms with van der Waals surface area (Å²) in [5.41, 5.74) is 0. The van der Waals surface area contributed by atoms with Crippen molar-refractivity contribution in [3.05, 3.63) is 12.5 Å². The quantitative estimate of drug-likeness (QED) is 0.503. The minimum atomic E-state index is 0.725. The Bertz CT molecular complexity index is 80.5. The van der Waals surface area contributed by atoms with Crippen molar-refractivity contribution in [2.75, 3.05) is 13.2 Å². The highest BCUT2D eigenvalue weighted by molar-refractivity contribution is 4.79. The van der Waals surface area contributed by atoms with Crippen LogP contribution < -0.4 is 5.32 Å². The molecule has 2 heteroatoms. The van der Waals surface area contributed by atoms with Crippen LogP contribution in [0.1, 0.15) is 12.8 Å². The zero-order valence-corrected chi connectivity index (χ0v) is 4.94. The van der Waals surface area contributed by atoms with Crippen LogP contribution in [-0.2, 0) is 4.74 Å². The fraction of sp³-hybridized carbons (Fsp3) is 0.667. The molecule has 0 aromatic heterocycles. The second-order valence-corrected chi connectivity index (χ2v) is 1.91. The molecule has 1 fully saturated rings. The molecule has 1 aliphatic heterocycles. The highest BCUT2D eigenvalue weighted by atomic mass is 16.5. The van der Waals surface area contributed by atoms with Gasteiger partial charge in [0, 0.05) is 6.54 Å². The van der Waals surface area contributed by atoms with Gasteiger partial charge in [0.15, 0.2) is 5.88 Å². The average molecular weight is 113 g/mol. The van der Waals surface area contributed by atoms with Crippen molar-refractivity contribution >= 4 is 0 Å². The summed E-state index contributed by atoms with van der Waals surface area (Å²) in [7, 11) is 0. The van der Waals surface area contributed by atoms with E-state index in [2.05, 4.69) is 11.9 Å². The highest BCUT2D eigenvalue weighted by Crippen LogP contribution is 1.98. The lowest BCUT2D eigenvalue weighted by Gasteiger charge is -2.02. The zero-order valence-electron chi connectivity index (χ0n) is 4.94. The van der Waals surface area contributed by atoms with Gasteiger partial charge < -0.3 is 10.1 Å². The third-order valence-electron chi connectivity index (χ3n) is 1.17. The van der Waals surface area contributed by atoms with Crippen LogP contribution >= 0.6 is 0 Å². The summed E-state index contributed by atoms with van der Waals surface area (Å²) in [6, 6.07) is 0. The molecule has 0 radical (unpaired) electrons. The van der Waals surface area contributed by atoms with E-state index < -0.39 is 0 Å². The number of hydrogen-bond donors (Lipinski definition) is 1. The van der Waals surface area contributed by atoms with Gasteiger partial charge in [-0.3, -0.25) is 0 Å². The largest absolute Gasteiger partial charge is 0.480 e. The van der Waals surface area contributed by atoms with Crippen LogP contribution in [0.4, 0.5) is 0 Å². The topological polar surface area (TPSA) is 21.3 Å². The van der Waals surface area contributed by atoms with Crippen molar-refractivity contribution < 1.29 is 4.74 Å². The average Bonchev–Trinajstić information content (AvgIpc) is 1.94. The summed E-state index contributed by atoms with van der Waals surface area (Å²) in [6.45, 7) is 5.48. The predicted molar refractivity (Wildman–Crippen MR) is 32.3 cm³/mol. The molecule has 0 aromatic rings. The van der Waals surface area contributed by atoms with E-state index in [9.17, 15) is 0 Å². The third-order valence-corrected chi connectivity index (χ3v) is 1.17. The molecule has 46 valence electrons. The van der Waals surface area contributed by atoms with Gasteiger partial charge in [-0.25, -0.2) is 0 Å². The van der Waals surface area contributed by atoms with Crippen molar-refractivity contribution in [2.45, 2.75) is 12.8 Å². The van der Waals surface area contributed by atoms with Crippen molar-refractivity contribution in [3.63, 3.8) is 0 Å². The number of nitrogens with one attached hydrogen (secondary N) is 1. The molecule has 2 nitrogen and oxygen atoms in total. The minimum Gasteiger partial charge on any atom is -0.480 e. The Hall–Kier alpha value is -0.660. The van der Waals surface area contributed by atoms with E-state index in [0.29, 0.717) is 0 Å². The number of hydrogen-bond acceptors (Lipinski definition) is 2.